The lowest BCUT2D eigenvalue weighted by Crippen LogP contribution is -2.46. The van der Waals surface area contributed by atoms with Crippen LogP contribution in [0.25, 0.3) is 0 Å². The van der Waals surface area contributed by atoms with Crippen LogP contribution in [0, 0.1) is 5.41 Å². The van der Waals surface area contributed by atoms with Crippen LogP contribution in [0.2, 0.25) is 0 Å². The quantitative estimate of drug-likeness (QED) is 0.818. The predicted molar refractivity (Wildman–Crippen MR) is 62.7 cm³/mol. The molecule has 2 N–H and O–H groups in total. The van der Waals surface area contributed by atoms with Crippen molar-refractivity contribution in [3.8, 4) is 0 Å². The number of H-pyrrole nitrogens is 1. The third kappa shape index (κ3) is 2.72. The largest absolute Gasteiger partial charge is 0.306 e. The van der Waals surface area contributed by atoms with E-state index in [1.807, 2.05) is 11.8 Å². The Morgan fingerprint density at radius 1 is 1.67 bits per heavy atom. The van der Waals surface area contributed by atoms with E-state index >= 15 is 0 Å². The molecule has 0 aliphatic carbocycles. The molecule has 1 saturated heterocycles. The van der Waals surface area contributed by atoms with E-state index in [4.69, 9.17) is 0 Å². The monoisotopic (exact) mass is 226 g/mol. The normalized spacial score (nSPS) is 25.3. The van der Waals surface area contributed by atoms with Gasteiger partial charge in [0.05, 0.1) is 6.54 Å². The highest BCUT2D eigenvalue weighted by molar-refractivity contribution is 7.99. The summed E-state index contributed by atoms with van der Waals surface area (Å²) < 4.78 is 0. The Balaban J connectivity index is 1.88. The average molecular weight is 226 g/mol. The first-order valence-electron chi connectivity index (χ1n) is 5.34. The van der Waals surface area contributed by atoms with Crippen LogP contribution in [-0.4, -0.2) is 32.7 Å². The van der Waals surface area contributed by atoms with Gasteiger partial charge in [-0.25, -0.2) is 4.98 Å². The molecule has 0 amide bonds. The molecule has 84 valence electrons. The van der Waals surface area contributed by atoms with E-state index in [1.54, 1.807) is 6.33 Å². The van der Waals surface area contributed by atoms with Gasteiger partial charge in [0.15, 0.2) is 0 Å². The van der Waals surface area contributed by atoms with Gasteiger partial charge in [0, 0.05) is 11.8 Å². The van der Waals surface area contributed by atoms with Gasteiger partial charge in [-0.3, -0.25) is 5.10 Å². The number of nitrogens with one attached hydrogen (secondary N) is 2. The molecule has 0 saturated carbocycles. The highest BCUT2D eigenvalue weighted by Gasteiger charge is 2.32. The summed E-state index contributed by atoms with van der Waals surface area (Å²) in [4.78, 5) is 4.11. The first-order chi connectivity index (χ1) is 7.18. The first-order valence-corrected chi connectivity index (χ1v) is 6.49. The van der Waals surface area contributed by atoms with Crippen molar-refractivity contribution in [3.63, 3.8) is 0 Å². The molecule has 1 aliphatic heterocycles. The van der Waals surface area contributed by atoms with Crippen LogP contribution in [-0.2, 0) is 6.54 Å². The molecule has 2 heterocycles. The smallest absolute Gasteiger partial charge is 0.138 e. The minimum absolute atomic E-state index is 0.394. The number of aromatic nitrogens is 3. The van der Waals surface area contributed by atoms with E-state index in [0.717, 1.165) is 12.4 Å². The molecule has 0 bridgehead atoms. The highest BCUT2D eigenvalue weighted by Crippen LogP contribution is 2.34. The fourth-order valence-electron chi connectivity index (χ4n) is 1.81. The molecule has 0 spiro atoms. The van der Waals surface area contributed by atoms with Gasteiger partial charge in [0.2, 0.25) is 0 Å². The average Bonchev–Trinajstić information content (AvgIpc) is 2.68. The van der Waals surface area contributed by atoms with Crippen LogP contribution in [0.3, 0.4) is 0 Å². The number of hydrogen-bond donors (Lipinski definition) is 2. The Kier molecular flexibility index (Phi) is 3.31. The van der Waals surface area contributed by atoms with Crippen LogP contribution >= 0.6 is 11.8 Å². The lowest BCUT2D eigenvalue weighted by molar-refractivity contribution is 0.243. The van der Waals surface area contributed by atoms with E-state index in [-0.39, 0.29) is 0 Å². The van der Waals surface area contributed by atoms with Crippen molar-refractivity contribution >= 4 is 11.8 Å². The lowest BCUT2D eigenvalue weighted by atomic mass is 9.82. The fraction of sp³-hybridized carbons (Fsp3) is 0.800. The molecular formula is C10H18N4S. The molecular weight excluding hydrogens is 208 g/mol. The van der Waals surface area contributed by atoms with Gasteiger partial charge >= 0.3 is 0 Å². The van der Waals surface area contributed by atoms with Crippen LogP contribution in [0.15, 0.2) is 6.33 Å². The van der Waals surface area contributed by atoms with Crippen LogP contribution in [0.4, 0.5) is 0 Å². The van der Waals surface area contributed by atoms with Crippen molar-refractivity contribution < 1.29 is 0 Å². The Labute approximate surface area is 94.6 Å². The van der Waals surface area contributed by atoms with Gasteiger partial charge < -0.3 is 5.32 Å². The Morgan fingerprint density at radius 2 is 2.53 bits per heavy atom. The lowest BCUT2D eigenvalue weighted by Gasteiger charge is -2.38. The molecule has 1 aromatic rings. The molecule has 1 aromatic heterocycles. The highest BCUT2D eigenvalue weighted by atomic mass is 32.2. The van der Waals surface area contributed by atoms with Crippen molar-refractivity contribution in [1.29, 1.82) is 0 Å². The summed E-state index contributed by atoms with van der Waals surface area (Å²) in [6, 6.07) is 0.571. The molecule has 2 rings (SSSR count). The van der Waals surface area contributed by atoms with E-state index in [0.29, 0.717) is 11.5 Å². The SMILES string of the molecule is CC1(C)CCSCC1NCc1ncn[nH]1. The van der Waals surface area contributed by atoms with Crippen molar-refractivity contribution in [1.82, 2.24) is 20.5 Å². The van der Waals surface area contributed by atoms with Gasteiger partial charge in [-0.2, -0.15) is 16.9 Å². The van der Waals surface area contributed by atoms with Gasteiger partial charge in [-0.15, -0.1) is 0 Å². The van der Waals surface area contributed by atoms with E-state index in [2.05, 4.69) is 34.3 Å². The Bertz CT molecular complexity index is 296. The summed E-state index contributed by atoms with van der Waals surface area (Å²) in [5.74, 6) is 3.40. The number of aromatic amines is 1. The fourth-order valence-corrected chi connectivity index (χ4v) is 3.45. The van der Waals surface area contributed by atoms with Crippen LogP contribution in [0.1, 0.15) is 26.1 Å². The standard InChI is InChI=1S/C10H18N4S/c1-10(2)3-4-15-6-8(10)11-5-9-12-7-13-14-9/h7-8,11H,3-6H2,1-2H3,(H,12,13,14). The summed E-state index contributed by atoms with van der Waals surface area (Å²) >= 11 is 2.03. The number of hydrogen-bond acceptors (Lipinski definition) is 4. The summed E-state index contributed by atoms with van der Waals surface area (Å²) in [6.45, 7) is 5.46. The second-order valence-corrected chi connectivity index (χ2v) is 5.83. The topological polar surface area (TPSA) is 53.6 Å². The van der Waals surface area contributed by atoms with Gasteiger partial charge in [-0.05, 0) is 17.6 Å². The van der Waals surface area contributed by atoms with Crippen molar-refractivity contribution in [3.05, 3.63) is 12.2 Å². The second-order valence-electron chi connectivity index (χ2n) is 4.68. The molecule has 1 unspecified atom stereocenters. The van der Waals surface area contributed by atoms with Gasteiger partial charge in [0.1, 0.15) is 12.2 Å². The van der Waals surface area contributed by atoms with Crippen molar-refractivity contribution in [2.45, 2.75) is 32.9 Å². The maximum absolute atomic E-state index is 4.11. The zero-order chi connectivity index (χ0) is 10.7. The van der Waals surface area contributed by atoms with Crippen molar-refractivity contribution in [2.24, 2.45) is 5.41 Å². The summed E-state index contributed by atoms with van der Waals surface area (Å²) in [7, 11) is 0. The molecule has 1 atom stereocenters. The zero-order valence-electron chi connectivity index (χ0n) is 9.29. The molecule has 0 aromatic carbocycles. The van der Waals surface area contributed by atoms with Gasteiger partial charge in [-0.1, -0.05) is 13.8 Å². The van der Waals surface area contributed by atoms with E-state index in [1.165, 1.54) is 17.9 Å². The first kappa shape index (κ1) is 11.0. The molecule has 1 fully saturated rings. The van der Waals surface area contributed by atoms with Crippen LogP contribution in [0.5, 0.6) is 0 Å². The van der Waals surface area contributed by atoms with E-state index in [9.17, 15) is 0 Å². The molecule has 15 heavy (non-hydrogen) atoms. The number of nitrogens with zero attached hydrogens (tertiary/aromatic N) is 2. The van der Waals surface area contributed by atoms with Crippen LogP contribution < -0.4 is 5.32 Å². The summed E-state index contributed by atoms with van der Waals surface area (Å²) in [5.41, 5.74) is 0.394. The van der Waals surface area contributed by atoms with Gasteiger partial charge in [0.25, 0.3) is 0 Å². The maximum Gasteiger partial charge on any atom is 0.138 e. The summed E-state index contributed by atoms with van der Waals surface area (Å²) in [5, 5.41) is 10.3. The molecule has 5 heteroatoms. The molecule has 0 radical (unpaired) electrons. The summed E-state index contributed by atoms with van der Waals surface area (Å²) in [6.07, 6.45) is 2.84. The number of rotatable bonds is 3. The van der Waals surface area contributed by atoms with E-state index < -0.39 is 0 Å². The zero-order valence-corrected chi connectivity index (χ0v) is 10.1. The maximum atomic E-state index is 4.11. The third-order valence-electron chi connectivity index (χ3n) is 3.10. The number of thioether (sulfide) groups is 1. The minimum atomic E-state index is 0.394. The molecule has 4 nitrogen and oxygen atoms in total. The minimum Gasteiger partial charge on any atom is -0.306 e. The third-order valence-corrected chi connectivity index (χ3v) is 4.16. The molecule has 1 aliphatic rings. The second kappa shape index (κ2) is 4.53. The Hall–Kier alpha value is -0.550. The van der Waals surface area contributed by atoms with Crippen molar-refractivity contribution in [2.75, 3.05) is 11.5 Å². The predicted octanol–water partition coefficient (Wildman–Crippen LogP) is 1.43. The Morgan fingerprint density at radius 3 is 3.20 bits per heavy atom.